The van der Waals surface area contributed by atoms with Gasteiger partial charge in [-0.25, -0.2) is 4.98 Å². The molecular formula is C8H9N5O. The van der Waals surface area contributed by atoms with E-state index in [0.717, 1.165) is 0 Å². The highest BCUT2D eigenvalue weighted by Crippen LogP contribution is 2.09. The van der Waals surface area contributed by atoms with E-state index < -0.39 is 0 Å². The van der Waals surface area contributed by atoms with Gasteiger partial charge in [-0.15, -0.1) is 5.10 Å². The summed E-state index contributed by atoms with van der Waals surface area (Å²) in [5, 5.41) is 7.36. The molecule has 0 fully saturated rings. The third-order valence-electron chi connectivity index (χ3n) is 1.97. The van der Waals surface area contributed by atoms with Crippen LogP contribution in [0.3, 0.4) is 0 Å². The van der Waals surface area contributed by atoms with Gasteiger partial charge in [-0.2, -0.15) is 5.10 Å². The van der Waals surface area contributed by atoms with E-state index in [1.165, 1.54) is 12.5 Å². The first kappa shape index (κ1) is 8.76. The molecule has 2 aromatic heterocycles. The van der Waals surface area contributed by atoms with E-state index in [-0.39, 0.29) is 12.3 Å². The predicted octanol–water partition coefficient (Wildman–Crippen LogP) is -0.426. The molecule has 0 aliphatic carbocycles. The molecule has 6 heteroatoms. The average Bonchev–Trinajstić information content (AvgIpc) is 2.53. The van der Waals surface area contributed by atoms with Crippen LogP contribution in [0.25, 0.3) is 5.65 Å². The van der Waals surface area contributed by atoms with Crippen LogP contribution in [0, 0.1) is 6.92 Å². The third-order valence-corrected chi connectivity index (χ3v) is 1.97. The highest BCUT2D eigenvalue weighted by molar-refractivity contribution is 5.97. The monoisotopic (exact) mass is 191 g/mol. The largest absolute Gasteiger partial charge is 0.324 e. The van der Waals surface area contributed by atoms with Crippen molar-refractivity contribution in [1.82, 2.24) is 19.6 Å². The second-order valence-electron chi connectivity index (χ2n) is 2.88. The number of carbonyl (C=O) groups excluding carboxylic acids is 1. The Balaban J connectivity index is 2.74. The number of carbonyl (C=O) groups is 1. The summed E-state index contributed by atoms with van der Waals surface area (Å²) >= 11 is 0. The lowest BCUT2D eigenvalue weighted by Gasteiger charge is -1.97. The lowest BCUT2D eigenvalue weighted by Crippen LogP contribution is -2.16. The topological polar surface area (TPSA) is 86.2 Å². The molecular weight excluding hydrogens is 182 g/mol. The van der Waals surface area contributed by atoms with Gasteiger partial charge in [0, 0.05) is 0 Å². The molecule has 2 rings (SSSR count). The highest BCUT2D eigenvalue weighted by atomic mass is 16.1. The van der Waals surface area contributed by atoms with Crippen LogP contribution in [0.2, 0.25) is 0 Å². The maximum Gasteiger partial charge on any atom is 0.195 e. The van der Waals surface area contributed by atoms with Gasteiger partial charge in [0.25, 0.3) is 0 Å². The fourth-order valence-electron chi connectivity index (χ4n) is 1.37. The van der Waals surface area contributed by atoms with E-state index in [0.29, 0.717) is 17.0 Å². The molecule has 0 spiro atoms. The van der Waals surface area contributed by atoms with Gasteiger partial charge in [0.15, 0.2) is 11.4 Å². The highest BCUT2D eigenvalue weighted by Gasteiger charge is 2.14. The second kappa shape index (κ2) is 3.15. The summed E-state index contributed by atoms with van der Waals surface area (Å²) in [6.07, 6.45) is 2.96. The fraction of sp³-hybridized carbons (Fsp3) is 0.250. The summed E-state index contributed by atoms with van der Waals surface area (Å²) in [5.41, 5.74) is 7.03. The van der Waals surface area contributed by atoms with Crippen molar-refractivity contribution in [2.45, 2.75) is 6.92 Å². The number of Topliss-reactive ketones (excluding diaryl/α,β-unsaturated/α-hetero) is 1. The van der Waals surface area contributed by atoms with E-state index in [9.17, 15) is 4.79 Å². The van der Waals surface area contributed by atoms with Gasteiger partial charge in [-0.1, -0.05) is 0 Å². The maximum atomic E-state index is 11.5. The molecule has 6 nitrogen and oxygen atoms in total. The predicted molar refractivity (Wildman–Crippen MR) is 48.9 cm³/mol. The zero-order valence-electron chi connectivity index (χ0n) is 7.64. The van der Waals surface area contributed by atoms with Crippen molar-refractivity contribution in [3.8, 4) is 0 Å². The van der Waals surface area contributed by atoms with E-state index >= 15 is 0 Å². The Kier molecular flexibility index (Phi) is 1.97. The minimum Gasteiger partial charge on any atom is -0.324 e. The molecule has 2 aromatic rings. The summed E-state index contributed by atoms with van der Waals surface area (Å²) in [5.74, 6) is -0.150. The standard InChI is InChI=1S/C8H9N5O/c1-5-8(6(14)2-9)13-4-11-10-3-7(13)12-5/h3-4H,2,9H2,1H3. The SMILES string of the molecule is Cc1nc2cnncn2c1C(=O)CN. The third kappa shape index (κ3) is 1.16. The number of aromatic nitrogens is 4. The van der Waals surface area contributed by atoms with E-state index in [2.05, 4.69) is 15.2 Å². The first-order chi connectivity index (χ1) is 6.74. The molecule has 14 heavy (non-hydrogen) atoms. The van der Waals surface area contributed by atoms with Crippen LogP contribution in [-0.4, -0.2) is 31.9 Å². The molecule has 0 saturated heterocycles. The van der Waals surface area contributed by atoms with Crippen LogP contribution in [-0.2, 0) is 0 Å². The Morgan fingerprint density at radius 1 is 1.57 bits per heavy atom. The van der Waals surface area contributed by atoms with Crippen LogP contribution < -0.4 is 5.73 Å². The minimum atomic E-state index is -0.150. The quantitative estimate of drug-likeness (QED) is 0.651. The van der Waals surface area contributed by atoms with Crippen molar-refractivity contribution >= 4 is 11.4 Å². The summed E-state index contributed by atoms with van der Waals surface area (Å²) in [6, 6.07) is 0. The Morgan fingerprint density at radius 3 is 3.07 bits per heavy atom. The normalized spacial score (nSPS) is 10.7. The Labute approximate surface area is 79.8 Å². The van der Waals surface area contributed by atoms with Crippen molar-refractivity contribution in [3.05, 3.63) is 23.9 Å². The number of imidazole rings is 1. The summed E-state index contributed by atoms with van der Waals surface area (Å²) in [6.45, 7) is 1.73. The van der Waals surface area contributed by atoms with Gasteiger partial charge >= 0.3 is 0 Å². The average molecular weight is 191 g/mol. The van der Waals surface area contributed by atoms with Crippen LogP contribution in [0.5, 0.6) is 0 Å². The van der Waals surface area contributed by atoms with Gasteiger partial charge in [0.1, 0.15) is 12.0 Å². The maximum absolute atomic E-state index is 11.5. The van der Waals surface area contributed by atoms with Gasteiger partial charge in [-0.05, 0) is 6.92 Å². The van der Waals surface area contributed by atoms with Crippen molar-refractivity contribution < 1.29 is 4.79 Å². The summed E-state index contributed by atoms with van der Waals surface area (Å²) < 4.78 is 1.59. The number of ketones is 1. The van der Waals surface area contributed by atoms with Crippen LogP contribution in [0.15, 0.2) is 12.5 Å². The first-order valence-electron chi connectivity index (χ1n) is 4.12. The number of nitrogens with zero attached hydrogens (tertiary/aromatic N) is 4. The second-order valence-corrected chi connectivity index (χ2v) is 2.88. The van der Waals surface area contributed by atoms with Gasteiger partial charge in [0.2, 0.25) is 0 Å². The van der Waals surface area contributed by atoms with Crippen molar-refractivity contribution in [1.29, 1.82) is 0 Å². The number of nitrogens with two attached hydrogens (primary N) is 1. The number of hydrogen-bond donors (Lipinski definition) is 1. The smallest absolute Gasteiger partial charge is 0.195 e. The number of fused-ring (bicyclic) bond motifs is 1. The molecule has 0 atom stereocenters. The zero-order chi connectivity index (χ0) is 10.1. The molecule has 2 heterocycles. The van der Waals surface area contributed by atoms with Crippen LogP contribution >= 0.6 is 0 Å². The van der Waals surface area contributed by atoms with Gasteiger partial charge in [0.05, 0.1) is 18.4 Å². The molecule has 0 unspecified atom stereocenters. The number of rotatable bonds is 2. The minimum absolute atomic E-state index is 0.0308. The van der Waals surface area contributed by atoms with Crippen molar-refractivity contribution in [2.24, 2.45) is 5.73 Å². The Bertz CT molecular complexity index is 489. The molecule has 0 bridgehead atoms. The molecule has 0 aliphatic heterocycles. The van der Waals surface area contributed by atoms with E-state index in [1.807, 2.05) is 0 Å². The van der Waals surface area contributed by atoms with Crippen molar-refractivity contribution in [3.63, 3.8) is 0 Å². The lowest BCUT2D eigenvalue weighted by molar-refractivity contribution is 0.0995. The molecule has 0 aromatic carbocycles. The molecule has 0 saturated carbocycles. The number of hydrogen-bond acceptors (Lipinski definition) is 5. The summed E-state index contributed by atoms with van der Waals surface area (Å²) in [7, 11) is 0. The van der Waals surface area contributed by atoms with E-state index in [1.54, 1.807) is 11.3 Å². The van der Waals surface area contributed by atoms with Crippen LogP contribution in [0.4, 0.5) is 0 Å². The fourth-order valence-corrected chi connectivity index (χ4v) is 1.37. The molecule has 2 N–H and O–H groups in total. The van der Waals surface area contributed by atoms with Gasteiger partial charge in [-0.3, -0.25) is 9.20 Å². The Morgan fingerprint density at radius 2 is 2.36 bits per heavy atom. The Hall–Kier alpha value is -1.82. The zero-order valence-corrected chi connectivity index (χ0v) is 7.64. The van der Waals surface area contributed by atoms with Crippen LogP contribution in [0.1, 0.15) is 16.2 Å². The summed E-state index contributed by atoms with van der Waals surface area (Å²) in [4.78, 5) is 15.6. The van der Waals surface area contributed by atoms with E-state index in [4.69, 9.17) is 5.73 Å². The molecule has 0 aliphatic rings. The lowest BCUT2D eigenvalue weighted by atomic mass is 10.2. The molecule has 72 valence electrons. The molecule has 0 radical (unpaired) electrons. The first-order valence-corrected chi connectivity index (χ1v) is 4.12. The van der Waals surface area contributed by atoms with Crippen molar-refractivity contribution in [2.75, 3.05) is 6.54 Å². The van der Waals surface area contributed by atoms with Gasteiger partial charge < -0.3 is 5.73 Å². The number of aryl methyl sites for hydroxylation is 1. The molecule has 0 amide bonds.